The van der Waals surface area contributed by atoms with Gasteiger partial charge < -0.3 is 46.1 Å². The Morgan fingerprint density at radius 3 is 1.72 bits per heavy atom. The Labute approximate surface area is 523 Å². The zero-order valence-corrected chi connectivity index (χ0v) is 62.3. The molecule has 0 N–H and O–H groups in total. The Balaban J connectivity index is 1.47. The number of carbonyl (C=O) groups excluding carboxylic acids is 2. The fourth-order valence-corrected chi connectivity index (χ4v) is 20.3. The number of hydrogen-bond donors (Lipinski definition) is 0. The second-order valence-corrected chi connectivity index (χ2v) is 51.3. The maximum absolute atomic E-state index is 15.1. The molecule has 5 saturated heterocycles. The first-order valence-electron chi connectivity index (χ1n) is 34.1. The molecule has 0 aromatic heterocycles. The lowest BCUT2D eigenvalue weighted by molar-refractivity contribution is -0.270. The summed E-state index contributed by atoms with van der Waals surface area (Å²) in [5.41, 5.74) is 2.21. The molecule has 7 aliphatic heterocycles. The molecule has 0 aliphatic carbocycles. The van der Waals surface area contributed by atoms with Gasteiger partial charge in [0, 0.05) is 18.8 Å². The van der Waals surface area contributed by atoms with E-state index >= 15 is 4.79 Å². The van der Waals surface area contributed by atoms with E-state index in [1.54, 1.807) is 6.08 Å². The zero-order valence-electron chi connectivity index (χ0n) is 58.3. The molecule has 490 valence electrons. The monoisotopic (exact) mass is 1260 g/mol. The molecule has 19 atom stereocenters. The van der Waals surface area contributed by atoms with Gasteiger partial charge in [0.25, 0.3) is 0 Å². The predicted molar refractivity (Wildman–Crippen MR) is 356 cm³/mol. The third-order valence-electron chi connectivity index (χ3n) is 22.7. The first-order chi connectivity index (χ1) is 39.3. The van der Waals surface area contributed by atoms with Crippen LogP contribution in [-0.2, 0) is 55.7 Å². The Hall–Kier alpha value is -1.13. The first-order valence-corrected chi connectivity index (χ1v) is 45.3. The summed E-state index contributed by atoms with van der Waals surface area (Å²) in [6.45, 7) is 61.7. The highest BCUT2D eigenvalue weighted by atomic mass is 28.4. The lowest BCUT2D eigenvalue weighted by atomic mass is 9.78. The van der Waals surface area contributed by atoms with Crippen molar-refractivity contribution in [2.75, 3.05) is 0 Å². The van der Waals surface area contributed by atoms with Crippen LogP contribution in [0.3, 0.4) is 0 Å². The summed E-state index contributed by atoms with van der Waals surface area (Å²) in [5.74, 6) is 0.481. The highest BCUT2D eigenvalue weighted by Crippen LogP contribution is 2.49. The van der Waals surface area contributed by atoms with Crippen molar-refractivity contribution >= 4 is 45.0 Å². The van der Waals surface area contributed by atoms with Crippen molar-refractivity contribution in [3.8, 4) is 0 Å². The predicted octanol–water partition coefficient (Wildman–Crippen LogP) is 17.2. The number of ketones is 1. The number of hydrogen-bond acceptors (Lipinski definition) is 12. The number of ether oxygens (including phenoxy) is 6. The molecule has 7 aliphatic rings. The Morgan fingerprint density at radius 1 is 0.576 bits per heavy atom. The number of esters is 1. The van der Waals surface area contributed by atoms with E-state index in [4.69, 9.17) is 52.7 Å². The van der Waals surface area contributed by atoms with Crippen LogP contribution in [0, 0.1) is 23.7 Å². The van der Waals surface area contributed by atoms with Gasteiger partial charge in [-0.15, -0.1) is 0 Å². The van der Waals surface area contributed by atoms with Gasteiger partial charge >= 0.3 is 5.97 Å². The van der Waals surface area contributed by atoms with Crippen LogP contribution in [0.15, 0.2) is 36.5 Å². The van der Waals surface area contributed by atoms with Crippen LogP contribution in [0.2, 0.25) is 72.5 Å². The molecule has 12 nitrogen and oxygen atoms in total. The molecule has 0 amide bonds. The van der Waals surface area contributed by atoms with Crippen LogP contribution < -0.4 is 0 Å². The van der Waals surface area contributed by atoms with Gasteiger partial charge in [-0.1, -0.05) is 143 Å². The summed E-state index contributed by atoms with van der Waals surface area (Å²) in [4.78, 5) is 29.4. The van der Waals surface area contributed by atoms with Crippen molar-refractivity contribution in [3.05, 3.63) is 36.5 Å². The standard InChI is InChI=1S/C69H126O12Si4/c1-26-30-53-47(8)41-58-61(75-53)49(10)62-59(74-58)43-57(79-85(27-2,28-3)29-4)48(9)45(6)39-44(5)31-36-54-46(7)40-51(72-54)34-32-50(70)33-37-56(78-82(20,21)67(11,12)13)64-66(81-84(24,25)69(17,18)19)65(80-83(22,23)68(14,15)16)63-55(76-64)38-35-52(73-63)42-60(71)77-62/h33,37,44-45,47,49,51-59,61-66H,7,9,26-32,34-36,38-43H2,1-6,8,10-25H3/b37-33+/t44-,45-,47-,49+,51?,52?,53-,54+,55+,56+,57?,58?,59+,61+,62-,63+,64+,65+,66-/m1/s1. The number of rotatable bonds is 13. The quantitative estimate of drug-likeness (QED) is 0.0990. The van der Waals surface area contributed by atoms with Crippen molar-refractivity contribution in [2.45, 2.75) is 365 Å². The highest BCUT2D eigenvalue weighted by Gasteiger charge is 2.59. The lowest BCUT2D eigenvalue weighted by Gasteiger charge is -2.56. The summed E-state index contributed by atoms with van der Waals surface area (Å²) >= 11 is 0. The van der Waals surface area contributed by atoms with E-state index in [0.29, 0.717) is 43.9 Å². The van der Waals surface area contributed by atoms with Gasteiger partial charge in [-0.2, -0.15) is 0 Å². The zero-order chi connectivity index (χ0) is 63.6. The number of carbonyl (C=O) groups is 2. The maximum atomic E-state index is 15.1. The molecule has 0 aromatic rings. The van der Waals surface area contributed by atoms with E-state index in [-0.39, 0.29) is 81.7 Å². The van der Waals surface area contributed by atoms with E-state index in [9.17, 15) is 4.79 Å². The Morgan fingerprint density at radius 2 is 1.14 bits per heavy atom. The van der Waals surface area contributed by atoms with Crippen LogP contribution in [-0.4, -0.2) is 137 Å². The molecular weight excluding hydrogens is 1130 g/mol. The molecule has 5 fully saturated rings. The molecule has 4 unspecified atom stereocenters. The fourth-order valence-electron chi connectivity index (χ4n) is 13.6. The minimum atomic E-state index is -2.60. The van der Waals surface area contributed by atoms with E-state index in [1.165, 1.54) is 0 Å². The average Bonchev–Trinajstić information content (AvgIpc) is 1.40. The smallest absolute Gasteiger partial charge is 0.308 e. The normalized spacial score (nSPS) is 37.4. The van der Waals surface area contributed by atoms with Crippen molar-refractivity contribution < 1.29 is 55.7 Å². The molecule has 7 rings (SSSR count). The van der Waals surface area contributed by atoms with Crippen molar-refractivity contribution in [3.63, 3.8) is 0 Å². The summed E-state index contributed by atoms with van der Waals surface area (Å²) in [6, 6.07) is 3.02. The third kappa shape index (κ3) is 17.9. The molecule has 7 heterocycles. The van der Waals surface area contributed by atoms with Crippen LogP contribution in [0.4, 0.5) is 0 Å². The van der Waals surface area contributed by atoms with E-state index < -0.39 is 88.2 Å². The minimum Gasteiger partial charge on any atom is -0.459 e. The van der Waals surface area contributed by atoms with Gasteiger partial charge in [0.05, 0.1) is 67.5 Å². The lowest BCUT2D eigenvalue weighted by Crippen LogP contribution is -2.69. The van der Waals surface area contributed by atoms with Gasteiger partial charge in [0.15, 0.2) is 39.1 Å². The first kappa shape index (κ1) is 72.9. The summed E-state index contributed by atoms with van der Waals surface area (Å²) in [6.07, 6.45) is 7.43. The van der Waals surface area contributed by atoms with E-state index in [0.717, 1.165) is 74.2 Å². The SMILES string of the molecule is C=C1C(O[Si](CC)(CC)CC)C[C@@H]2OC3C[C@@H](C)[C@@H](CCC)O[C@H]3[C@H](C)[C@H]2OC(=O)CC2CC[C@@H]3O[C@H]([C@@H](O[Si](C)(C)C(C)(C)C)[C@@H](O[Si](C)(C)C(C)(C)C)[C@H]3O2)[C@@H](O[Si](C)(C)C(C)(C)C)/C=C/C(=O)CCC2CC(=C)[C@H](CC[C@@H](C)C[C@H]1C)O2. The molecule has 16 heteroatoms. The topological polar surface area (TPSA) is 126 Å². The largest absolute Gasteiger partial charge is 0.459 e. The molecule has 0 radical (unpaired) electrons. The summed E-state index contributed by atoms with van der Waals surface area (Å²) < 4.78 is 73.6. The van der Waals surface area contributed by atoms with Crippen LogP contribution in [0.25, 0.3) is 0 Å². The van der Waals surface area contributed by atoms with Crippen LogP contribution in [0.5, 0.6) is 0 Å². The highest BCUT2D eigenvalue weighted by molar-refractivity contribution is 6.75. The molecule has 85 heavy (non-hydrogen) atoms. The van der Waals surface area contributed by atoms with Gasteiger partial charge in [0.1, 0.15) is 30.5 Å². The second kappa shape index (κ2) is 29.2. The van der Waals surface area contributed by atoms with Gasteiger partial charge in [-0.05, 0) is 165 Å². The molecule has 0 aromatic carbocycles. The fraction of sp³-hybridized carbons (Fsp3) is 0.884. The minimum absolute atomic E-state index is 0.0266. The van der Waals surface area contributed by atoms with Crippen LogP contribution >= 0.6 is 0 Å². The number of allylic oxidation sites excluding steroid dienone is 1. The summed E-state index contributed by atoms with van der Waals surface area (Å²) in [7, 11) is -9.90. The van der Waals surface area contributed by atoms with E-state index in [2.05, 4.69) is 164 Å². The Bertz CT molecular complexity index is 2240. The Kier molecular flexibility index (Phi) is 25.1. The molecular formula is C69H126O12Si4. The van der Waals surface area contributed by atoms with Gasteiger partial charge in [0.2, 0.25) is 0 Å². The third-order valence-corrected chi connectivity index (χ3v) is 40.8. The maximum Gasteiger partial charge on any atom is 0.308 e. The van der Waals surface area contributed by atoms with Crippen molar-refractivity contribution in [1.29, 1.82) is 0 Å². The molecule has 6 bridgehead atoms. The number of fused-ring (bicyclic) bond motifs is 16. The molecule has 0 spiro atoms. The van der Waals surface area contributed by atoms with Crippen LogP contribution in [0.1, 0.15) is 201 Å². The molecule has 0 saturated carbocycles. The van der Waals surface area contributed by atoms with Gasteiger partial charge in [-0.25, -0.2) is 0 Å². The van der Waals surface area contributed by atoms with Gasteiger partial charge in [-0.3, -0.25) is 9.59 Å². The summed E-state index contributed by atoms with van der Waals surface area (Å²) in [5, 5.41) is -0.468. The van der Waals surface area contributed by atoms with Crippen molar-refractivity contribution in [2.24, 2.45) is 23.7 Å². The van der Waals surface area contributed by atoms with E-state index in [1.807, 2.05) is 6.08 Å². The van der Waals surface area contributed by atoms with Crippen molar-refractivity contribution in [1.82, 2.24) is 0 Å². The average molecular weight is 1260 g/mol. The second-order valence-electron chi connectivity index (χ2n) is 32.3.